The van der Waals surface area contributed by atoms with Gasteiger partial charge in [-0.15, -0.1) is 0 Å². The molecule has 1 N–H and O–H groups in total. The number of amides is 1. The van der Waals surface area contributed by atoms with Gasteiger partial charge >= 0.3 is 5.97 Å². The fourth-order valence-electron chi connectivity index (χ4n) is 12.2. The van der Waals surface area contributed by atoms with Crippen LogP contribution in [0.5, 0.6) is 0 Å². The van der Waals surface area contributed by atoms with E-state index in [0.717, 1.165) is 51.4 Å². The van der Waals surface area contributed by atoms with Gasteiger partial charge in [0, 0.05) is 12.0 Å². The first-order valence-electron chi connectivity index (χ1n) is 17.8. The average Bonchev–Trinajstić information content (AvgIpc) is 2.99. The van der Waals surface area contributed by atoms with Crippen molar-refractivity contribution in [1.82, 2.24) is 5.32 Å². The third-order valence-corrected chi connectivity index (χ3v) is 14.9. The highest BCUT2D eigenvalue weighted by Crippen LogP contribution is 2.75. The summed E-state index contributed by atoms with van der Waals surface area (Å²) in [6.07, 6.45) is 11.1. The smallest absolute Gasteiger partial charge is 0.312 e. The predicted molar refractivity (Wildman–Crippen MR) is 178 cm³/mol. The zero-order valence-corrected chi connectivity index (χ0v) is 29.5. The minimum atomic E-state index is -0.713. The second-order valence-electron chi connectivity index (χ2n) is 17.8. The van der Waals surface area contributed by atoms with Crippen LogP contribution in [0.4, 0.5) is 4.39 Å². The molecule has 0 bridgehead atoms. The normalized spacial score (nSPS) is 40.7. The number of benzene rings is 1. The molecular formula is C40H56FNO4. The Balaban J connectivity index is 1.32. The van der Waals surface area contributed by atoms with Crippen molar-refractivity contribution in [3.63, 3.8) is 0 Å². The summed E-state index contributed by atoms with van der Waals surface area (Å²) in [4.78, 5) is 41.4. The van der Waals surface area contributed by atoms with Crippen LogP contribution in [0.2, 0.25) is 0 Å². The lowest BCUT2D eigenvalue weighted by Gasteiger charge is -2.71. The van der Waals surface area contributed by atoms with Crippen LogP contribution in [-0.2, 0) is 25.5 Å². The van der Waals surface area contributed by atoms with Crippen molar-refractivity contribution in [2.45, 2.75) is 113 Å². The van der Waals surface area contributed by atoms with E-state index < -0.39 is 16.7 Å². The first-order chi connectivity index (χ1) is 21.5. The van der Waals surface area contributed by atoms with E-state index in [9.17, 15) is 18.8 Å². The summed E-state index contributed by atoms with van der Waals surface area (Å²) in [7, 11) is 1.55. The molecule has 4 saturated carbocycles. The molecule has 1 amide bonds. The zero-order chi connectivity index (χ0) is 33.5. The lowest BCUT2D eigenvalue weighted by Crippen LogP contribution is -2.66. The van der Waals surface area contributed by atoms with E-state index in [4.69, 9.17) is 4.74 Å². The number of esters is 1. The van der Waals surface area contributed by atoms with Crippen molar-refractivity contribution in [1.29, 1.82) is 0 Å². The number of ketones is 1. The zero-order valence-electron chi connectivity index (χ0n) is 29.5. The van der Waals surface area contributed by atoms with Crippen LogP contribution in [0.25, 0.3) is 0 Å². The van der Waals surface area contributed by atoms with Gasteiger partial charge in [0.1, 0.15) is 5.82 Å². The molecule has 8 unspecified atom stereocenters. The Morgan fingerprint density at radius 1 is 0.935 bits per heavy atom. The van der Waals surface area contributed by atoms with Crippen molar-refractivity contribution in [3.05, 3.63) is 47.3 Å². The number of carbonyl (C=O) groups excluding carboxylic acids is 3. The summed E-state index contributed by atoms with van der Waals surface area (Å²) in [6.45, 7) is 16.5. The van der Waals surface area contributed by atoms with E-state index in [1.54, 1.807) is 25.3 Å². The number of hydrogen-bond acceptors (Lipinski definition) is 4. The molecule has 5 aliphatic rings. The fourth-order valence-corrected chi connectivity index (χ4v) is 12.2. The Labute approximate surface area is 275 Å². The number of methoxy groups -OCH3 is 1. The van der Waals surface area contributed by atoms with Gasteiger partial charge in [0.2, 0.25) is 5.91 Å². The van der Waals surface area contributed by atoms with Crippen molar-refractivity contribution < 1.29 is 23.5 Å². The number of rotatable bonds is 5. The van der Waals surface area contributed by atoms with Crippen LogP contribution in [0.3, 0.4) is 0 Å². The molecule has 0 aliphatic heterocycles. The molecule has 0 spiro atoms. The van der Waals surface area contributed by atoms with Gasteiger partial charge in [-0.05, 0) is 115 Å². The highest BCUT2D eigenvalue weighted by atomic mass is 19.1. The van der Waals surface area contributed by atoms with Crippen molar-refractivity contribution >= 4 is 17.7 Å². The average molecular weight is 634 g/mol. The Morgan fingerprint density at radius 3 is 2.33 bits per heavy atom. The molecule has 4 fully saturated rings. The number of hydrogen-bond donors (Lipinski definition) is 1. The molecule has 1 aromatic carbocycles. The van der Waals surface area contributed by atoms with E-state index in [1.165, 1.54) is 11.6 Å². The lowest BCUT2D eigenvalue weighted by molar-refractivity contribution is -0.196. The van der Waals surface area contributed by atoms with Gasteiger partial charge in [0.05, 0.1) is 18.4 Å². The minimum Gasteiger partial charge on any atom is -0.469 e. The maximum absolute atomic E-state index is 14.2. The maximum Gasteiger partial charge on any atom is 0.312 e. The third-order valence-electron chi connectivity index (χ3n) is 14.9. The van der Waals surface area contributed by atoms with Gasteiger partial charge in [-0.1, -0.05) is 78.3 Å². The fraction of sp³-hybridized carbons (Fsp3) is 0.725. The number of halogens is 1. The quantitative estimate of drug-likeness (QED) is 0.201. The second kappa shape index (κ2) is 11.0. The maximum atomic E-state index is 14.2. The Morgan fingerprint density at radius 2 is 1.63 bits per heavy atom. The van der Waals surface area contributed by atoms with Gasteiger partial charge < -0.3 is 10.1 Å². The molecular weight excluding hydrogens is 577 g/mol. The van der Waals surface area contributed by atoms with Crippen molar-refractivity contribution in [2.75, 3.05) is 13.7 Å². The largest absolute Gasteiger partial charge is 0.469 e. The summed E-state index contributed by atoms with van der Waals surface area (Å²) in [5.74, 6) is -0.498. The topological polar surface area (TPSA) is 72.5 Å². The first-order valence-corrected chi connectivity index (χ1v) is 17.8. The monoisotopic (exact) mass is 633 g/mol. The lowest BCUT2D eigenvalue weighted by atomic mass is 9.33. The summed E-state index contributed by atoms with van der Waals surface area (Å²) in [5, 5.41) is 3.02. The first kappa shape index (κ1) is 33.4. The van der Waals surface area contributed by atoms with E-state index in [1.807, 2.05) is 0 Å². The molecule has 0 saturated heterocycles. The molecule has 6 rings (SSSR count). The van der Waals surface area contributed by atoms with E-state index in [-0.39, 0.29) is 57.0 Å². The van der Waals surface area contributed by atoms with Gasteiger partial charge in [-0.2, -0.15) is 0 Å². The molecule has 5 aliphatic carbocycles. The third kappa shape index (κ3) is 4.69. The number of ether oxygens (including phenoxy) is 1. The minimum absolute atomic E-state index is 0.0193. The SMILES string of the molecule is COC(=O)C12CCC(C)(C)CC1C1=CCC3C4(C)CC(C(=O)NCCc5ccccc5F)C(=O)C(C)(C)C4CCC3(C)C1(C)CC2. The number of fused-ring (bicyclic) bond motifs is 7. The van der Waals surface area contributed by atoms with Crippen LogP contribution < -0.4 is 5.32 Å². The summed E-state index contributed by atoms with van der Waals surface area (Å²) < 4.78 is 19.7. The molecule has 46 heavy (non-hydrogen) atoms. The molecule has 252 valence electrons. The van der Waals surface area contributed by atoms with E-state index >= 15 is 0 Å². The van der Waals surface area contributed by atoms with Crippen LogP contribution >= 0.6 is 0 Å². The van der Waals surface area contributed by atoms with Gasteiger partial charge in [-0.25, -0.2) is 4.39 Å². The van der Waals surface area contributed by atoms with Gasteiger partial charge in [0.15, 0.2) is 5.78 Å². The predicted octanol–water partition coefficient (Wildman–Crippen LogP) is 8.25. The van der Waals surface area contributed by atoms with Crippen LogP contribution in [0, 0.1) is 62.0 Å². The number of nitrogens with one attached hydrogen (secondary N) is 1. The summed E-state index contributed by atoms with van der Waals surface area (Å²) in [5.41, 5.74) is 0.867. The molecule has 0 aromatic heterocycles. The Hall–Kier alpha value is -2.50. The number of carbonyl (C=O) groups is 3. The Bertz CT molecular complexity index is 1460. The second-order valence-corrected chi connectivity index (χ2v) is 17.8. The molecule has 8 atom stereocenters. The highest BCUT2D eigenvalue weighted by molar-refractivity contribution is 6.04. The van der Waals surface area contributed by atoms with Crippen LogP contribution in [-0.4, -0.2) is 31.3 Å². The molecule has 5 nitrogen and oxygen atoms in total. The molecule has 0 radical (unpaired) electrons. The Kier molecular flexibility index (Phi) is 8.00. The standard InChI is InChI=1S/C40H56FNO4/c1-35(2)18-20-40(34(45)46-8)21-19-38(6)27(28(40)24-35)13-14-31-37(5)23-26(32(43)36(3,4)30(37)15-17-39(31,38)7)33(44)42-22-16-25-11-9-10-12-29(25)41/h9-13,26,28,30-31H,14-24H2,1-8H3,(H,42,44). The summed E-state index contributed by atoms with van der Waals surface area (Å²) >= 11 is 0. The van der Waals surface area contributed by atoms with Crippen molar-refractivity contribution in [2.24, 2.45) is 56.2 Å². The highest BCUT2D eigenvalue weighted by Gasteiger charge is 2.70. The summed E-state index contributed by atoms with van der Waals surface area (Å²) in [6, 6.07) is 6.64. The van der Waals surface area contributed by atoms with Crippen LogP contribution in [0.15, 0.2) is 35.9 Å². The molecule has 6 heteroatoms. The van der Waals surface area contributed by atoms with E-state index in [0.29, 0.717) is 30.9 Å². The molecule has 1 aromatic rings. The van der Waals surface area contributed by atoms with E-state index in [2.05, 4.69) is 59.9 Å². The van der Waals surface area contributed by atoms with Crippen molar-refractivity contribution in [3.8, 4) is 0 Å². The van der Waals surface area contributed by atoms with Gasteiger partial charge in [-0.3, -0.25) is 14.4 Å². The number of allylic oxidation sites excluding steroid dienone is 2. The van der Waals surface area contributed by atoms with Gasteiger partial charge in [0.25, 0.3) is 0 Å². The van der Waals surface area contributed by atoms with Crippen LogP contribution in [0.1, 0.15) is 112 Å². The number of Topliss-reactive ketones (excluding diaryl/α,β-unsaturated/α-hetero) is 1. The molecule has 0 heterocycles.